The van der Waals surface area contributed by atoms with E-state index < -0.39 is 0 Å². The lowest BCUT2D eigenvalue weighted by molar-refractivity contribution is 0.121. The molecule has 5 heteroatoms. The highest BCUT2D eigenvalue weighted by Crippen LogP contribution is 2.27. The zero-order valence-corrected chi connectivity index (χ0v) is 22.8. The fourth-order valence-electron chi connectivity index (χ4n) is 5.73. The first-order chi connectivity index (χ1) is 16.2. The number of fused-ring (bicyclic) bond motifs is 2. The highest BCUT2D eigenvalue weighted by molar-refractivity contribution is 5.88. The Balaban J connectivity index is 0.00000171. The average molecular weight is 516 g/mol. The number of piperidine rings is 1. The molecule has 2 aliphatic rings. The molecule has 3 nitrogen and oxygen atoms in total. The van der Waals surface area contributed by atoms with E-state index in [-0.39, 0.29) is 24.8 Å². The first kappa shape index (κ1) is 27.8. The van der Waals surface area contributed by atoms with Crippen LogP contribution in [0.5, 0.6) is 5.75 Å². The predicted molar refractivity (Wildman–Crippen MR) is 153 cm³/mol. The Morgan fingerprint density at radius 1 is 0.886 bits per heavy atom. The first-order valence-corrected chi connectivity index (χ1v) is 12.8. The first-order valence-electron chi connectivity index (χ1n) is 12.8. The molecule has 0 aromatic heterocycles. The van der Waals surface area contributed by atoms with Gasteiger partial charge in [0, 0.05) is 38.1 Å². The van der Waals surface area contributed by atoms with E-state index in [1.165, 1.54) is 67.3 Å². The molecule has 3 aromatic rings. The molecule has 1 saturated heterocycles. The van der Waals surface area contributed by atoms with Crippen LogP contribution in [0.4, 0.5) is 0 Å². The summed E-state index contributed by atoms with van der Waals surface area (Å²) in [6, 6.07) is 19.7. The smallest absolute Gasteiger partial charge is 0.127 e. The number of benzene rings is 3. The minimum atomic E-state index is 0. The summed E-state index contributed by atoms with van der Waals surface area (Å²) >= 11 is 0. The van der Waals surface area contributed by atoms with Crippen molar-refractivity contribution in [2.24, 2.45) is 5.92 Å². The number of likely N-dealkylation sites (tertiary alicyclic amines) is 1. The number of hydrogen-bond acceptors (Lipinski definition) is 3. The molecule has 35 heavy (non-hydrogen) atoms. The maximum absolute atomic E-state index is 6.18. The summed E-state index contributed by atoms with van der Waals surface area (Å²) < 4.78 is 6.18. The molecule has 1 atom stereocenters. The van der Waals surface area contributed by atoms with Crippen molar-refractivity contribution in [2.75, 3.05) is 39.3 Å². The molecule has 2 heterocycles. The van der Waals surface area contributed by atoms with Gasteiger partial charge in [-0.05, 0) is 85.7 Å². The van der Waals surface area contributed by atoms with Crippen molar-refractivity contribution in [1.82, 2.24) is 9.80 Å². The Morgan fingerprint density at radius 2 is 1.66 bits per heavy atom. The molecule has 0 bridgehead atoms. The largest absolute Gasteiger partial charge is 0.493 e. The fourth-order valence-corrected chi connectivity index (χ4v) is 5.73. The van der Waals surface area contributed by atoms with E-state index in [9.17, 15) is 0 Å². The fraction of sp³-hybridized carbons (Fsp3) is 0.467. The van der Waals surface area contributed by atoms with Crippen molar-refractivity contribution in [3.63, 3.8) is 0 Å². The van der Waals surface area contributed by atoms with E-state index in [1.807, 2.05) is 0 Å². The summed E-state index contributed by atoms with van der Waals surface area (Å²) in [5.74, 6) is 1.81. The summed E-state index contributed by atoms with van der Waals surface area (Å²) in [4.78, 5) is 5.38. The van der Waals surface area contributed by atoms with Gasteiger partial charge >= 0.3 is 0 Å². The van der Waals surface area contributed by atoms with Crippen LogP contribution in [0.3, 0.4) is 0 Å². The van der Waals surface area contributed by atoms with E-state index in [0.717, 1.165) is 37.8 Å². The lowest BCUT2D eigenvalue weighted by Gasteiger charge is -2.37. The summed E-state index contributed by atoms with van der Waals surface area (Å²) in [5.41, 5.74) is 6.01. The van der Waals surface area contributed by atoms with Gasteiger partial charge in [0.15, 0.2) is 0 Å². The SMILES string of the molecule is Cc1cc2c(cc1C)CN(CC1CCCN(CCCOc3cccc4ccccc34)C1)CC2.Cl.Cl. The Hall–Kier alpha value is -1.78. The van der Waals surface area contributed by atoms with Gasteiger partial charge in [0.1, 0.15) is 5.75 Å². The van der Waals surface area contributed by atoms with E-state index in [2.05, 4.69) is 78.2 Å². The van der Waals surface area contributed by atoms with Gasteiger partial charge in [0.25, 0.3) is 0 Å². The van der Waals surface area contributed by atoms with Crippen molar-refractivity contribution >= 4 is 35.6 Å². The molecule has 0 radical (unpaired) electrons. The van der Waals surface area contributed by atoms with Gasteiger partial charge in [-0.2, -0.15) is 0 Å². The third-order valence-electron chi connectivity index (χ3n) is 7.65. The lowest BCUT2D eigenvalue weighted by Crippen LogP contribution is -2.42. The van der Waals surface area contributed by atoms with Crippen LogP contribution in [0.15, 0.2) is 54.6 Å². The number of aryl methyl sites for hydroxylation is 2. The molecule has 0 saturated carbocycles. The molecule has 2 aliphatic heterocycles. The van der Waals surface area contributed by atoms with Crippen molar-refractivity contribution in [3.05, 3.63) is 76.9 Å². The second-order valence-corrected chi connectivity index (χ2v) is 10.2. The van der Waals surface area contributed by atoms with Crippen LogP contribution >= 0.6 is 24.8 Å². The molecule has 0 N–H and O–H groups in total. The summed E-state index contributed by atoms with van der Waals surface area (Å²) in [6.07, 6.45) is 5.00. The van der Waals surface area contributed by atoms with Gasteiger partial charge < -0.3 is 9.64 Å². The van der Waals surface area contributed by atoms with Crippen LogP contribution in [0.1, 0.15) is 41.5 Å². The summed E-state index contributed by atoms with van der Waals surface area (Å²) in [7, 11) is 0. The van der Waals surface area contributed by atoms with Crippen molar-refractivity contribution in [3.8, 4) is 5.75 Å². The minimum Gasteiger partial charge on any atom is -0.493 e. The number of nitrogens with zero attached hydrogens (tertiary/aromatic N) is 2. The number of hydrogen-bond donors (Lipinski definition) is 0. The molecule has 1 unspecified atom stereocenters. The van der Waals surface area contributed by atoms with Crippen molar-refractivity contribution in [2.45, 2.75) is 46.1 Å². The predicted octanol–water partition coefficient (Wildman–Crippen LogP) is 6.84. The number of rotatable bonds is 7. The molecule has 5 rings (SSSR count). The summed E-state index contributed by atoms with van der Waals surface area (Å²) in [5, 5.41) is 2.46. The van der Waals surface area contributed by atoms with Gasteiger partial charge in [0.2, 0.25) is 0 Å². The Bertz CT molecular complexity index is 1100. The molecule has 1 fully saturated rings. The summed E-state index contributed by atoms with van der Waals surface area (Å²) in [6.45, 7) is 12.5. The standard InChI is InChI=1S/C30H38N2O.2ClH/c1-23-18-27-13-16-32(22-28(27)19-24(23)2)21-25-8-6-14-31(20-25)15-7-17-33-30-12-5-10-26-9-3-4-11-29(26)30;;/h3-5,9-12,18-19,25H,6-8,13-17,20-22H2,1-2H3;2*1H. The Kier molecular flexibility index (Phi) is 10.3. The normalized spacial score (nSPS) is 18.4. The second-order valence-electron chi connectivity index (χ2n) is 10.2. The Labute approximate surface area is 223 Å². The van der Waals surface area contributed by atoms with Gasteiger partial charge in [-0.1, -0.05) is 48.5 Å². The van der Waals surface area contributed by atoms with E-state index in [4.69, 9.17) is 4.74 Å². The molecular weight excluding hydrogens is 475 g/mol. The highest BCUT2D eigenvalue weighted by Gasteiger charge is 2.24. The van der Waals surface area contributed by atoms with Crippen LogP contribution in [0.2, 0.25) is 0 Å². The monoisotopic (exact) mass is 514 g/mol. The van der Waals surface area contributed by atoms with Crippen LogP contribution in [0, 0.1) is 19.8 Å². The van der Waals surface area contributed by atoms with E-state index >= 15 is 0 Å². The van der Waals surface area contributed by atoms with Gasteiger partial charge in [-0.15, -0.1) is 24.8 Å². The van der Waals surface area contributed by atoms with Crippen molar-refractivity contribution in [1.29, 1.82) is 0 Å². The molecule has 0 aliphatic carbocycles. The minimum absolute atomic E-state index is 0. The van der Waals surface area contributed by atoms with Crippen molar-refractivity contribution < 1.29 is 4.74 Å². The van der Waals surface area contributed by atoms with Crippen LogP contribution in [0.25, 0.3) is 10.8 Å². The van der Waals surface area contributed by atoms with Gasteiger partial charge in [-0.3, -0.25) is 4.90 Å². The van der Waals surface area contributed by atoms with Crippen LogP contribution < -0.4 is 4.74 Å². The second kappa shape index (κ2) is 13.0. The zero-order chi connectivity index (χ0) is 22.6. The quantitative estimate of drug-likeness (QED) is 0.321. The third kappa shape index (κ3) is 6.92. The molecule has 190 valence electrons. The molecular formula is C30H40Cl2N2O. The Morgan fingerprint density at radius 3 is 2.51 bits per heavy atom. The molecule has 3 aromatic carbocycles. The van der Waals surface area contributed by atoms with E-state index in [0.29, 0.717) is 0 Å². The maximum Gasteiger partial charge on any atom is 0.127 e. The topological polar surface area (TPSA) is 15.7 Å². The molecule has 0 spiro atoms. The van der Waals surface area contributed by atoms with Crippen LogP contribution in [-0.2, 0) is 13.0 Å². The number of halogens is 2. The zero-order valence-electron chi connectivity index (χ0n) is 21.2. The molecule has 0 amide bonds. The highest BCUT2D eigenvalue weighted by atomic mass is 35.5. The van der Waals surface area contributed by atoms with Gasteiger partial charge in [0.05, 0.1) is 6.61 Å². The average Bonchev–Trinajstić information content (AvgIpc) is 2.83. The van der Waals surface area contributed by atoms with Gasteiger partial charge in [-0.25, -0.2) is 0 Å². The number of ether oxygens (including phenoxy) is 1. The maximum atomic E-state index is 6.18. The van der Waals surface area contributed by atoms with Crippen LogP contribution in [-0.4, -0.2) is 49.1 Å². The third-order valence-corrected chi connectivity index (χ3v) is 7.65. The van der Waals surface area contributed by atoms with E-state index in [1.54, 1.807) is 11.1 Å². The lowest BCUT2D eigenvalue weighted by atomic mass is 9.92.